The number of rotatable bonds is 14. The molecule has 0 spiro atoms. The lowest BCUT2D eigenvalue weighted by molar-refractivity contribution is -0.143. The van der Waals surface area contributed by atoms with Crippen molar-refractivity contribution in [2.45, 2.75) is 70.5 Å². The van der Waals surface area contributed by atoms with Crippen LogP contribution in [0.25, 0.3) is 0 Å². The van der Waals surface area contributed by atoms with Crippen molar-refractivity contribution in [3.8, 4) is 0 Å². The number of unbranched alkanes of at least 4 members (excludes halogenated alkanes) is 1. The van der Waals surface area contributed by atoms with Crippen molar-refractivity contribution in [3.63, 3.8) is 0 Å². The maximum Gasteiger partial charge on any atom is 0.326 e. The van der Waals surface area contributed by atoms with Crippen LogP contribution in [0.3, 0.4) is 0 Å². The highest BCUT2D eigenvalue weighted by Crippen LogP contribution is 2.07. The fraction of sp³-hybridized carbons (Fsp3) is 0.765. The van der Waals surface area contributed by atoms with E-state index in [1.165, 1.54) is 0 Å². The van der Waals surface area contributed by atoms with Crippen LogP contribution in [0.2, 0.25) is 0 Å². The van der Waals surface area contributed by atoms with Crippen molar-refractivity contribution in [2.24, 2.45) is 17.4 Å². The van der Waals surface area contributed by atoms with Gasteiger partial charge >= 0.3 is 11.9 Å². The van der Waals surface area contributed by atoms with E-state index in [0.717, 1.165) is 0 Å². The number of aliphatic carboxylic acids is 2. The second-order valence-electron chi connectivity index (χ2n) is 6.91. The van der Waals surface area contributed by atoms with Crippen LogP contribution in [0.1, 0.15) is 52.4 Å². The Labute approximate surface area is 159 Å². The van der Waals surface area contributed by atoms with E-state index >= 15 is 0 Å². The maximum atomic E-state index is 12.4. The van der Waals surface area contributed by atoms with Gasteiger partial charge in [-0.15, -0.1) is 0 Å². The van der Waals surface area contributed by atoms with E-state index < -0.39 is 41.9 Å². The Morgan fingerprint density at radius 3 is 2.00 bits per heavy atom. The minimum Gasteiger partial charge on any atom is -0.481 e. The molecule has 0 aromatic rings. The topological polar surface area (TPSA) is 185 Å². The summed E-state index contributed by atoms with van der Waals surface area (Å²) in [6, 6.07) is -3.16. The SMILES string of the molecule is CC(C)CC(NC(=O)C(CCC(=O)O)NC(=O)C(N)CCCCN)C(=O)O. The summed E-state index contributed by atoms with van der Waals surface area (Å²) in [5.41, 5.74) is 11.2. The molecule has 0 saturated carbocycles. The summed E-state index contributed by atoms with van der Waals surface area (Å²) in [5.74, 6) is -3.64. The van der Waals surface area contributed by atoms with Gasteiger partial charge in [-0.05, 0) is 38.1 Å². The minimum absolute atomic E-state index is 0.0226. The molecule has 0 aliphatic rings. The third-order valence-electron chi connectivity index (χ3n) is 3.91. The van der Waals surface area contributed by atoms with E-state index in [2.05, 4.69) is 10.6 Å². The summed E-state index contributed by atoms with van der Waals surface area (Å²) in [7, 11) is 0. The number of hydrogen-bond acceptors (Lipinski definition) is 6. The number of amides is 2. The zero-order chi connectivity index (χ0) is 21.0. The quantitative estimate of drug-likeness (QED) is 0.213. The summed E-state index contributed by atoms with van der Waals surface area (Å²) >= 11 is 0. The Balaban J connectivity index is 4.99. The standard InChI is InChI=1S/C17H32N4O6/c1-10(2)9-13(17(26)27)21-16(25)12(6-7-14(22)23)20-15(24)11(19)5-3-4-8-18/h10-13H,3-9,18-19H2,1-2H3,(H,20,24)(H,21,25)(H,22,23)(H,26,27). The summed E-state index contributed by atoms with van der Waals surface area (Å²) in [6.45, 7) is 4.10. The Kier molecular flexibility index (Phi) is 12.0. The molecule has 0 heterocycles. The van der Waals surface area contributed by atoms with Gasteiger partial charge in [0, 0.05) is 6.42 Å². The zero-order valence-corrected chi connectivity index (χ0v) is 15.9. The Morgan fingerprint density at radius 1 is 0.926 bits per heavy atom. The number of carboxylic acid groups (broad SMARTS) is 2. The molecule has 0 aliphatic heterocycles. The molecule has 0 aromatic heterocycles. The second-order valence-corrected chi connectivity index (χ2v) is 6.91. The molecule has 156 valence electrons. The van der Waals surface area contributed by atoms with Crippen LogP contribution in [0, 0.1) is 5.92 Å². The third kappa shape index (κ3) is 11.2. The van der Waals surface area contributed by atoms with E-state index in [1.54, 1.807) is 0 Å². The van der Waals surface area contributed by atoms with E-state index in [1.807, 2.05) is 13.8 Å². The predicted octanol–water partition coefficient (Wildman–Crippen LogP) is -0.592. The molecule has 0 radical (unpaired) electrons. The van der Waals surface area contributed by atoms with E-state index in [9.17, 15) is 24.3 Å². The molecule has 8 N–H and O–H groups in total. The number of nitrogens with two attached hydrogens (primary N) is 2. The molecule has 3 atom stereocenters. The summed E-state index contributed by atoms with van der Waals surface area (Å²) in [4.78, 5) is 46.7. The number of hydrogen-bond donors (Lipinski definition) is 6. The van der Waals surface area contributed by atoms with Crippen molar-refractivity contribution in [3.05, 3.63) is 0 Å². The van der Waals surface area contributed by atoms with Crippen molar-refractivity contribution in [1.82, 2.24) is 10.6 Å². The molecule has 2 amide bonds. The maximum absolute atomic E-state index is 12.4. The molecule has 0 fully saturated rings. The van der Waals surface area contributed by atoms with Gasteiger partial charge in [-0.25, -0.2) is 4.79 Å². The number of carboxylic acids is 2. The highest BCUT2D eigenvalue weighted by molar-refractivity contribution is 5.92. The molecular formula is C17H32N4O6. The van der Waals surface area contributed by atoms with Gasteiger partial charge in [-0.2, -0.15) is 0 Å². The average Bonchev–Trinajstić information content (AvgIpc) is 2.56. The molecule has 3 unspecified atom stereocenters. The summed E-state index contributed by atoms with van der Waals surface area (Å²) in [5, 5.41) is 22.9. The van der Waals surface area contributed by atoms with Crippen molar-refractivity contribution in [2.75, 3.05) is 6.54 Å². The van der Waals surface area contributed by atoms with Gasteiger partial charge in [0.15, 0.2) is 0 Å². The largest absolute Gasteiger partial charge is 0.481 e. The lowest BCUT2D eigenvalue weighted by Crippen LogP contribution is -2.54. The van der Waals surface area contributed by atoms with Gasteiger partial charge in [0.05, 0.1) is 6.04 Å². The lowest BCUT2D eigenvalue weighted by atomic mass is 10.0. The van der Waals surface area contributed by atoms with Crippen LogP contribution in [-0.4, -0.2) is 58.6 Å². The smallest absolute Gasteiger partial charge is 0.326 e. The summed E-state index contributed by atoms with van der Waals surface area (Å²) < 4.78 is 0. The van der Waals surface area contributed by atoms with Crippen LogP contribution in [0.5, 0.6) is 0 Å². The highest BCUT2D eigenvalue weighted by atomic mass is 16.4. The molecule has 0 bridgehead atoms. The third-order valence-corrected chi connectivity index (χ3v) is 3.91. The van der Waals surface area contributed by atoms with Gasteiger partial charge in [0.2, 0.25) is 11.8 Å². The van der Waals surface area contributed by atoms with Crippen molar-refractivity contribution >= 4 is 23.8 Å². The first kappa shape index (κ1) is 24.8. The van der Waals surface area contributed by atoms with Crippen LogP contribution >= 0.6 is 0 Å². The van der Waals surface area contributed by atoms with Crippen molar-refractivity contribution < 1.29 is 29.4 Å². The molecule has 0 aromatic carbocycles. The van der Waals surface area contributed by atoms with Gasteiger partial charge in [0.1, 0.15) is 12.1 Å². The van der Waals surface area contributed by atoms with E-state index in [4.69, 9.17) is 16.6 Å². The fourth-order valence-corrected chi connectivity index (χ4v) is 2.42. The Morgan fingerprint density at radius 2 is 1.52 bits per heavy atom. The molecule has 0 rings (SSSR count). The van der Waals surface area contributed by atoms with Crippen LogP contribution in [0.15, 0.2) is 0 Å². The molecule has 0 saturated heterocycles. The lowest BCUT2D eigenvalue weighted by Gasteiger charge is -2.23. The number of carbonyl (C=O) groups is 4. The molecule has 27 heavy (non-hydrogen) atoms. The Hall–Kier alpha value is -2.20. The predicted molar refractivity (Wildman–Crippen MR) is 98.7 cm³/mol. The fourth-order valence-electron chi connectivity index (χ4n) is 2.42. The normalized spacial score (nSPS) is 14.3. The minimum atomic E-state index is -1.20. The first-order valence-electron chi connectivity index (χ1n) is 9.09. The van der Waals surface area contributed by atoms with Crippen LogP contribution in [0.4, 0.5) is 0 Å². The number of nitrogens with one attached hydrogen (secondary N) is 2. The van der Waals surface area contributed by atoms with Gasteiger partial charge in [0.25, 0.3) is 0 Å². The second kappa shape index (κ2) is 13.0. The van der Waals surface area contributed by atoms with E-state index in [-0.39, 0.29) is 25.2 Å². The van der Waals surface area contributed by atoms with Crippen molar-refractivity contribution in [1.29, 1.82) is 0 Å². The zero-order valence-electron chi connectivity index (χ0n) is 15.9. The van der Waals surface area contributed by atoms with Gasteiger partial charge in [-0.3, -0.25) is 14.4 Å². The average molecular weight is 388 g/mol. The first-order chi connectivity index (χ1) is 12.6. The van der Waals surface area contributed by atoms with E-state index in [0.29, 0.717) is 25.8 Å². The molecule has 0 aliphatic carbocycles. The number of carbonyl (C=O) groups excluding carboxylic acids is 2. The highest BCUT2D eigenvalue weighted by Gasteiger charge is 2.28. The molecular weight excluding hydrogens is 356 g/mol. The summed E-state index contributed by atoms with van der Waals surface area (Å²) in [6.07, 6.45) is 1.41. The Bertz CT molecular complexity index is 512. The monoisotopic (exact) mass is 388 g/mol. The van der Waals surface area contributed by atoms with Gasteiger partial charge in [-0.1, -0.05) is 20.3 Å². The molecule has 10 heteroatoms. The van der Waals surface area contributed by atoms with Crippen LogP contribution in [-0.2, 0) is 19.2 Å². The first-order valence-corrected chi connectivity index (χ1v) is 9.09. The van der Waals surface area contributed by atoms with Crippen LogP contribution < -0.4 is 22.1 Å². The molecule has 10 nitrogen and oxygen atoms in total. The van der Waals surface area contributed by atoms with Gasteiger partial charge < -0.3 is 32.3 Å².